The van der Waals surface area contributed by atoms with Crippen LogP contribution in [0.2, 0.25) is 0 Å². The number of furan rings is 1. The standard InChI is InChI=1S/C16H14N2O5/c1-16(12-3-2-8-23-12)14(21)18(15(22)17-16)9-10-4-6-11(7-5-10)13(19)20/h2-8H,9H2,1H3,(H,17,22)(H,19,20). The number of nitrogens with one attached hydrogen (secondary N) is 1. The molecule has 3 rings (SSSR count). The highest BCUT2D eigenvalue weighted by molar-refractivity contribution is 6.06. The molecule has 1 fully saturated rings. The number of nitrogens with zero attached hydrogens (tertiary/aromatic N) is 1. The van der Waals surface area contributed by atoms with Crippen LogP contribution in [-0.2, 0) is 16.9 Å². The summed E-state index contributed by atoms with van der Waals surface area (Å²) in [6.45, 7) is 1.64. The Morgan fingerprint density at radius 3 is 2.52 bits per heavy atom. The summed E-state index contributed by atoms with van der Waals surface area (Å²) in [6.07, 6.45) is 1.44. The normalized spacial score (nSPS) is 20.7. The van der Waals surface area contributed by atoms with Crippen LogP contribution in [0.4, 0.5) is 4.79 Å². The molecule has 1 aliphatic heterocycles. The van der Waals surface area contributed by atoms with Gasteiger partial charge < -0.3 is 14.8 Å². The number of hydrogen-bond donors (Lipinski definition) is 2. The van der Waals surface area contributed by atoms with Crippen LogP contribution < -0.4 is 5.32 Å². The lowest BCUT2D eigenvalue weighted by atomic mass is 9.99. The predicted octanol–water partition coefficient (Wildman–Crippen LogP) is 1.95. The van der Waals surface area contributed by atoms with Crippen molar-refractivity contribution in [1.82, 2.24) is 10.2 Å². The number of aromatic carboxylic acids is 1. The van der Waals surface area contributed by atoms with Crippen LogP contribution in [-0.4, -0.2) is 27.9 Å². The van der Waals surface area contributed by atoms with Gasteiger partial charge >= 0.3 is 12.0 Å². The Kier molecular flexibility index (Phi) is 3.40. The molecule has 2 aromatic rings. The molecule has 1 atom stereocenters. The van der Waals surface area contributed by atoms with Gasteiger partial charge in [-0.25, -0.2) is 9.59 Å². The fraction of sp³-hybridized carbons (Fsp3) is 0.188. The number of carbonyl (C=O) groups excluding carboxylic acids is 2. The van der Waals surface area contributed by atoms with Crippen molar-refractivity contribution in [3.05, 3.63) is 59.5 Å². The summed E-state index contributed by atoms with van der Waals surface area (Å²) in [6, 6.07) is 8.77. The number of amides is 3. The highest BCUT2D eigenvalue weighted by Gasteiger charge is 2.50. The Balaban J connectivity index is 1.82. The van der Waals surface area contributed by atoms with Crippen LogP contribution in [0.1, 0.15) is 28.6 Å². The van der Waals surface area contributed by atoms with Gasteiger partial charge in [0.25, 0.3) is 5.91 Å². The Hall–Kier alpha value is -3.09. The predicted molar refractivity (Wildman–Crippen MR) is 78.5 cm³/mol. The van der Waals surface area contributed by atoms with E-state index in [1.54, 1.807) is 31.2 Å². The maximum absolute atomic E-state index is 12.6. The minimum absolute atomic E-state index is 0.0564. The van der Waals surface area contributed by atoms with Gasteiger partial charge in [0, 0.05) is 0 Å². The average molecular weight is 314 g/mol. The van der Waals surface area contributed by atoms with Crippen molar-refractivity contribution in [2.45, 2.75) is 19.0 Å². The Labute approximate surface area is 131 Å². The number of imide groups is 1. The van der Waals surface area contributed by atoms with Crippen molar-refractivity contribution in [3.8, 4) is 0 Å². The van der Waals surface area contributed by atoms with Gasteiger partial charge in [0.1, 0.15) is 5.76 Å². The molecule has 118 valence electrons. The molecule has 7 heteroatoms. The van der Waals surface area contributed by atoms with Crippen LogP contribution >= 0.6 is 0 Å². The lowest BCUT2D eigenvalue weighted by molar-refractivity contribution is -0.132. The molecule has 3 amide bonds. The van der Waals surface area contributed by atoms with Gasteiger partial charge in [0.2, 0.25) is 0 Å². The summed E-state index contributed by atoms with van der Waals surface area (Å²) < 4.78 is 5.25. The highest BCUT2D eigenvalue weighted by Crippen LogP contribution is 2.30. The molecule has 1 aromatic carbocycles. The summed E-state index contributed by atoms with van der Waals surface area (Å²) in [5.41, 5.74) is -0.435. The van der Waals surface area contributed by atoms with Crippen molar-refractivity contribution in [3.63, 3.8) is 0 Å². The smallest absolute Gasteiger partial charge is 0.335 e. The monoisotopic (exact) mass is 314 g/mol. The van der Waals surface area contributed by atoms with E-state index in [4.69, 9.17) is 9.52 Å². The molecular weight excluding hydrogens is 300 g/mol. The summed E-state index contributed by atoms with van der Waals surface area (Å²) in [5.74, 6) is -1.09. The Morgan fingerprint density at radius 2 is 1.96 bits per heavy atom. The fourth-order valence-electron chi connectivity index (χ4n) is 2.51. The summed E-state index contributed by atoms with van der Waals surface area (Å²) in [4.78, 5) is 36.7. The first kappa shape index (κ1) is 14.8. The van der Waals surface area contributed by atoms with Crippen molar-refractivity contribution in [1.29, 1.82) is 0 Å². The second-order valence-electron chi connectivity index (χ2n) is 5.43. The van der Waals surface area contributed by atoms with Crippen LogP contribution in [0, 0.1) is 0 Å². The summed E-state index contributed by atoms with van der Waals surface area (Å²) >= 11 is 0. The highest BCUT2D eigenvalue weighted by atomic mass is 16.4. The first-order valence-corrected chi connectivity index (χ1v) is 6.92. The molecule has 0 aliphatic carbocycles. The molecule has 1 aromatic heterocycles. The second-order valence-corrected chi connectivity index (χ2v) is 5.43. The number of carbonyl (C=O) groups is 3. The molecule has 1 aliphatic rings. The van der Waals surface area contributed by atoms with Gasteiger partial charge in [0.15, 0.2) is 5.54 Å². The van der Waals surface area contributed by atoms with Crippen molar-refractivity contribution in [2.24, 2.45) is 0 Å². The lowest BCUT2D eigenvalue weighted by Crippen LogP contribution is -2.40. The minimum Gasteiger partial charge on any atom is -0.478 e. The SMILES string of the molecule is CC1(c2ccco2)NC(=O)N(Cc2ccc(C(=O)O)cc2)C1=O. The van der Waals surface area contributed by atoms with E-state index in [0.717, 1.165) is 4.90 Å². The van der Waals surface area contributed by atoms with E-state index in [1.807, 2.05) is 0 Å². The molecular formula is C16H14N2O5. The van der Waals surface area contributed by atoms with Crippen molar-refractivity contribution < 1.29 is 23.9 Å². The van der Waals surface area contributed by atoms with Gasteiger partial charge in [-0.05, 0) is 36.8 Å². The maximum atomic E-state index is 12.6. The number of carboxylic acids is 1. The van der Waals surface area contributed by atoms with Crippen LogP contribution in [0.3, 0.4) is 0 Å². The van der Waals surface area contributed by atoms with E-state index < -0.39 is 23.4 Å². The minimum atomic E-state index is -1.23. The number of benzene rings is 1. The van der Waals surface area contributed by atoms with Gasteiger partial charge in [-0.2, -0.15) is 0 Å². The van der Waals surface area contributed by atoms with E-state index in [1.165, 1.54) is 18.4 Å². The van der Waals surface area contributed by atoms with E-state index in [-0.39, 0.29) is 12.1 Å². The Bertz CT molecular complexity index is 766. The topological polar surface area (TPSA) is 99.8 Å². The van der Waals surface area contributed by atoms with E-state index in [2.05, 4.69) is 5.32 Å². The molecule has 2 heterocycles. The molecule has 23 heavy (non-hydrogen) atoms. The molecule has 0 bridgehead atoms. The first-order chi connectivity index (χ1) is 10.9. The third-order valence-electron chi connectivity index (χ3n) is 3.83. The largest absolute Gasteiger partial charge is 0.478 e. The van der Waals surface area contributed by atoms with Gasteiger partial charge in [-0.3, -0.25) is 9.69 Å². The molecule has 0 radical (unpaired) electrons. The lowest BCUT2D eigenvalue weighted by Gasteiger charge is -2.19. The molecule has 0 saturated carbocycles. The number of urea groups is 1. The van der Waals surface area contributed by atoms with Crippen molar-refractivity contribution >= 4 is 17.9 Å². The summed E-state index contributed by atoms with van der Waals surface area (Å²) in [7, 11) is 0. The van der Waals surface area contributed by atoms with Gasteiger partial charge in [-0.1, -0.05) is 12.1 Å². The summed E-state index contributed by atoms with van der Waals surface area (Å²) in [5, 5.41) is 11.5. The third kappa shape index (κ3) is 2.46. The zero-order chi connectivity index (χ0) is 16.6. The Morgan fingerprint density at radius 1 is 1.26 bits per heavy atom. The molecule has 1 unspecified atom stereocenters. The maximum Gasteiger partial charge on any atom is 0.335 e. The zero-order valence-electron chi connectivity index (χ0n) is 12.3. The molecule has 7 nitrogen and oxygen atoms in total. The number of hydrogen-bond acceptors (Lipinski definition) is 4. The van der Waals surface area contributed by atoms with E-state index >= 15 is 0 Å². The number of carboxylic acid groups (broad SMARTS) is 1. The van der Waals surface area contributed by atoms with Crippen LogP contribution in [0.5, 0.6) is 0 Å². The van der Waals surface area contributed by atoms with Gasteiger partial charge in [-0.15, -0.1) is 0 Å². The molecule has 2 N–H and O–H groups in total. The number of rotatable bonds is 4. The quantitative estimate of drug-likeness (QED) is 0.840. The van der Waals surface area contributed by atoms with E-state index in [0.29, 0.717) is 11.3 Å². The van der Waals surface area contributed by atoms with E-state index in [9.17, 15) is 14.4 Å². The molecule has 1 saturated heterocycles. The zero-order valence-corrected chi connectivity index (χ0v) is 12.3. The van der Waals surface area contributed by atoms with Crippen LogP contribution in [0.25, 0.3) is 0 Å². The third-order valence-corrected chi connectivity index (χ3v) is 3.83. The average Bonchev–Trinajstić information content (AvgIpc) is 3.12. The van der Waals surface area contributed by atoms with Crippen LogP contribution in [0.15, 0.2) is 47.1 Å². The molecule has 0 spiro atoms. The first-order valence-electron chi connectivity index (χ1n) is 6.92. The second kappa shape index (κ2) is 5.28. The fourth-order valence-corrected chi connectivity index (χ4v) is 2.51. The van der Waals surface area contributed by atoms with Gasteiger partial charge in [0.05, 0.1) is 18.4 Å². The van der Waals surface area contributed by atoms with Crippen molar-refractivity contribution in [2.75, 3.05) is 0 Å².